The summed E-state index contributed by atoms with van der Waals surface area (Å²) in [7, 11) is 0. The largest absolute Gasteiger partial charge is 0.456 e. The van der Waals surface area contributed by atoms with E-state index in [1.807, 2.05) is 23.5 Å². The monoisotopic (exact) mass is 556 g/mol. The number of nitriles is 1. The smallest absolute Gasteiger partial charge is 0.135 e. The highest BCUT2D eigenvalue weighted by atomic mass is 32.1. The quantitative estimate of drug-likeness (QED) is 0.212. The molecule has 4 heteroatoms. The maximum atomic E-state index is 10.1. The Balaban J connectivity index is 1.35. The lowest BCUT2D eigenvalue weighted by atomic mass is 9.79. The van der Waals surface area contributed by atoms with Gasteiger partial charge < -0.3 is 8.98 Å². The highest BCUT2D eigenvalue weighted by Gasteiger charge is 2.30. The third kappa shape index (κ3) is 3.20. The number of aromatic nitrogens is 1. The molecule has 3 heterocycles. The average Bonchev–Trinajstić information content (AvgIpc) is 3.69. The van der Waals surface area contributed by atoms with Crippen molar-refractivity contribution < 1.29 is 4.42 Å². The van der Waals surface area contributed by atoms with Crippen molar-refractivity contribution in [3.63, 3.8) is 0 Å². The molecule has 0 aliphatic heterocycles. The van der Waals surface area contributed by atoms with Crippen LogP contribution in [0.5, 0.6) is 0 Å². The molecular formula is C38H24N2OS. The summed E-state index contributed by atoms with van der Waals surface area (Å²) in [4.78, 5) is 0. The maximum absolute atomic E-state index is 10.1. The van der Waals surface area contributed by atoms with Gasteiger partial charge >= 0.3 is 0 Å². The van der Waals surface area contributed by atoms with E-state index >= 15 is 0 Å². The van der Waals surface area contributed by atoms with Gasteiger partial charge in [-0.1, -0.05) is 79.7 Å². The van der Waals surface area contributed by atoms with E-state index in [1.165, 1.54) is 42.0 Å². The van der Waals surface area contributed by atoms with Gasteiger partial charge in [0.2, 0.25) is 0 Å². The number of hydrogen-bond acceptors (Lipinski definition) is 3. The van der Waals surface area contributed by atoms with Gasteiger partial charge in [0.15, 0.2) is 0 Å². The number of allylic oxidation sites excluding steroid dienone is 4. The molecule has 2 atom stereocenters. The normalized spacial score (nSPS) is 17.4. The fraction of sp³-hybridized carbons (Fsp3) is 0.0789. The molecule has 3 nitrogen and oxygen atoms in total. The Morgan fingerprint density at radius 1 is 0.738 bits per heavy atom. The van der Waals surface area contributed by atoms with Crippen LogP contribution in [-0.4, -0.2) is 4.57 Å². The van der Waals surface area contributed by atoms with E-state index in [0.717, 1.165) is 33.2 Å². The molecule has 0 bridgehead atoms. The van der Waals surface area contributed by atoms with E-state index in [0.29, 0.717) is 5.57 Å². The summed E-state index contributed by atoms with van der Waals surface area (Å²) in [6.45, 7) is 2.23. The minimum absolute atomic E-state index is 0.0530. The molecular weight excluding hydrogens is 532 g/mol. The van der Waals surface area contributed by atoms with Gasteiger partial charge in [-0.3, -0.25) is 0 Å². The number of benzene rings is 5. The minimum atomic E-state index is 0.0530. The van der Waals surface area contributed by atoms with Gasteiger partial charge in [-0.2, -0.15) is 5.26 Å². The van der Waals surface area contributed by atoms with E-state index in [2.05, 4.69) is 121 Å². The molecule has 2 unspecified atom stereocenters. The maximum Gasteiger partial charge on any atom is 0.135 e. The Labute approximate surface area is 245 Å². The van der Waals surface area contributed by atoms with Crippen LogP contribution in [0.25, 0.3) is 69.6 Å². The van der Waals surface area contributed by atoms with Crippen molar-refractivity contribution in [3.8, 4) is 6.07 Å². The zero-order valence-electron chi connectivity index (χ0n) is 22.8. The van der Waals surface area contributed by atoms with E-state index < -0.39 is 0 Å². The number of furan rings is 1. The molecule has 0 amide bonds. The number of nitrogens with zero attached hydrogens (tertiary/aromatic N) is 2. The average molecular weight is 557 g/mol. The molecule has 9 rings (SSSR count). The molecule has 3 aromatic heterocycles. The molecule has 1 aliphatic rings. The summed E-state index contributed by atoms with van der Waals surface area (Å²) >= 11 is 1.87. The number of rotatable bonds is 2. The molecule has 42 heavy (non-hydrogen) atoms. The summed E-state index contributed by atoms with van der Waals surface area (Å²) in [5.41, 5.74) is 7.18. The molecule has 8 aromatic rings. The molecule has 1 aliphatic carbocycles. The fourth-order valence-electron chi connectivity index (χ4n) is 7.14. The predicted molar refractivity (Wildman–Crippen MR) is 176 cm³/mol. The van der Waals surface area contributed by atoms with Gasteiger partial charge in [-0.15, -0.1) is 11.3 Å². The van der Waals surface area contributed by atoms with Crippen LogP contribution in [0.2, 0.25) is 0 Å². The van der Waals surface area contributed by atoms with Crippen molar-refractivity contribution in [3.05, 3.63) is 126 Å². The van der Waals surface area contributed by atoms with Gasteiger partial charge in [-0.25, -0.2) is 0 Å². The second kappa shape index (κ2) is 8.69. The zero-order chi connectivity index (χ0) is 27.9. The number of fused-ring (bicyclic) bond motifs is 10. The zero-order valence-corrected chi connectivity index (χ0v) is 23.7. The number of hydrogen-bond donors (Lipinski definition) is 0. The van der Waals surface area contributed by atoms with Crippen LogP contribution in [0.1, 0.15) is 18.4 Å². The van der Waals surface area contributed by atoms with Crippen LogP contribution in [0.15, 0.2) is 125 Å². The van der Waals surface area contributed by atoms with E-state index in [-0.39, 0.29) is 11.8 Å². The van der Waals surface area contributed by atoms with Crippen molar-refractivity contribution >= 4 is 81.0 Å². The molecule has 0 saturated heterocycles. The summed E-state index contributed by atoms with van der Waals surface area (Å²) in [6.07, 6.45) is 4.22. The Kier molecular flexibility index (Phi) is 4.88. The summed E-state index contributed by atoms with van der Waals surface area (Å²) in [6, 6.07) is 39.2. The standard InChI is InChI=1S/C38H24N2OS/c1-22-18-23(21-39)19-32(36(22)24-14-17-34-29(20-24)25-8-3-6-12-33(25)41-34)40-30-11-5-2-10-28(30)37-31(40)16-15-27-26-9-4-7-13-35(26)42-38(27)37/h2-20,22,36H,1H3. The molecule has 0 fully saturated rings. The van der Waals surface area contributed by atoms with Crippen molar-refractivity contribution in [2.45, 2.75) is 12.8 Å². The summed E-state index contributed by atoms with van der Waals surface area (Å²) in [5.74, 6) is 0.178. The summed E-state index contributed by atoms with van der Waals surface area (Å²) < 4.78 is 11.2. The fourth-order valence-corrected chi connectivity index (χ4v) is 8.40. The Morgan fingerprint density at radius 2 is 1.50 bits per heavy atom. The lowest BCUT2D eigenvalue weighted by Crippen LogP contribution is -2.18. The minimum Gasteiger partial charge on any atom is -0.456 e. The Morgan fingerprint density at radius 3 is 2.38 bits per heavy atom. The van der Waals surface area contributed by atoms with Crippen molar-refractivity contribution in [2.75, 3.05) is 0 Å². The van der Waals surface area contributed by atoms with Crippen LogP contribution >= 0.6 is 11.3 Å². The van der Waals surface area contributed by atoms with Crippen LogP contribution < -0.4 is 0 Å². The molecule has 198 valence electrons. The van der Waals surface area contributed by atoms with Crippen molar-refractivity contribution in [2.24, 2.45) is 5.92 Å². The SMILES string of the molecule is CC1C=C(C#N)C=C(n2c3ccccc3c3c4sc5ccccc5c4ccc32)C1c1ccc2oc3ccccc3c2c1. The van der Waals surface area contributed by atoms with Gasteiger partial charge in [0, 0.05) is 53.3 Å². The predicted octanol–water partition coefficient (Wildman–Crippen LogP) is 10.8. The molecule has 0 spiro atoms. The van der Waals surface area contributed by atoms with Crippen LogP contribution in [-0.2, 0) is 0 Å². The Hall–Kier alpha value is -5.11. The second-order valence-corrected chi connectivity index (χ2v) is 12.3. The van der Waals surface area contributed by atoms with Crippen LogP contribution in [0, 0.1) is 17.2 Å². The third-order valence-electron chi connectivity index (χ3n) is 8.92. The molecule has 5 aromatic carbocycles. The van der Waals surface area contributed by atoms with Crippen LogP contribution in [0.3, 0.4) is 0 Å². The van der Waals surface area contributed by atoms with Gasteiger partial charge in [0.25, 0.3) is 0 Å². The molecule has 0 saturated carbocycles. The lowest BCUT2D eigenvalue weighted by Gasteiger charge is -2.30. The van der Waals surface area contributed by atoms with Crippen molar-refractivity contribution in [1.82, 2.24) is 4.57 Å². The van der Waals surface area contributed by atoms with Gasteiger partial charge in [0.05, 0.1) is 22.7 Å². The Bertz CT molecular complexity index is 2510. The summed E-state index contributed by atoms with van der Waals surface area (Å²) in [5, 5.41) is 17.4. The number of thiophene rings is 1. The second-order valence-electron chi connectivity index (χ2n) is 11.3. The highest BCUT2D eigenvalue weighted by Crippen LogP contribution is 2.48. The first kappa shape index (κ1) is 23.6. The van der Waals surface area contributed by atoms with E-state index in [1.54, 1.807) is 0 Å². The van der Waals surface area contributed by atoms with Crippen molar-refractivity contribution in [1.29, 1.82) is 5.26 Å². The highest BCUT2D eigenvalue weighted by molar-refractivity contribution is 7.26. The van der Waals surface area contributed by atoms with E-state index in [9.17, 15) is 5.26 Å². The first-order valence-corrected chi connectivity index (χ1v) is 15.1. The third-order valence-corrected chi connectivity index (χ3v) is 10.1. The molecule has 0 radical (unpaired) electrons. The van der Waals surface area contributed by atoms with Crippen LogP contribution in [0.4, 0.5) is 0 Å². The molecule has 0 N–H and O–H groups in total. The van der Waals surface area contributed by atoms with Gasteiger partial charge in [0.1, 0.15) is 11.2 Å². The first-order valence-electron chi connectivity index (χ1n) is 14.3. The number of para-hydroxylation sites is 2. The lowest BCUT2D eigenvalue weighted by molar-refractivity contribution is 0.629. The topological polar surface area (TPSA) is 41.9 Å². The first-order chi connectivity index (χ1) is 20.7. The van der Waals surface area contributed by atoms with Gasteiger partial charge in [-0.05, 0) is 54.0 Å². The van der Waals surface area contributed by atoms with E-state index in [4.69, 9.17) is 4.42 Å².